The third kappa shape index (κ3) is 5.99. The van der Waals surface area contributed by atoms with Crippen molar-refractivity contribution in [1.29, 1.82) is 10.8 Å². The number of anilines is 1. The van der Waals surface area contributed by atoms with Crippen LogP contribution in [-0.2, 0) is 4.74 Å². The van der Waals surface area contributed by atoms with E-state index >= 15 is 0 Å². The van der Waals surface area contributed by atoms with Crippen LogP contribution >= 0.6 is 0 Å². The number of hydrogen-bond acceptors (Lipinski definition) is 6. The summed E-state index contributed by atoms with van der Waals surface area (Å²) in [6, 6.07) is 2.69. The summed E-state index contributed by atoms with van der Waals surface area (Å²) in [6.45, 7) is 6.44. The number of aryl methyl sites for hydroxylation is 1. The van der Waals surface area contributed by atoms with Crippen LogP contribution in [0.4, 0.5) is 5.82 Å². The molecule has 3 rings (SSSR count). The fourth-order valence-corrected chi connectivity index (χ4v) is 4.59. The Hall–Kier alpha value is -2.05. The van der Waals surface area contributed by atoms with Crippen LogP contribution in [0, 0.1) is 23.7 Å². The lowest BCUT2D eigenvalue weighted by Crippen LogP contribution is -2.49. The molecule has 0 aromatic carbocycles. The molecule has 6 nitrogen and oxygen atoms in total. The van der Waals surface area contributed by atoms with Gasteiger partial charge in [-0.25, -0.2) is 4.98 Å². The summed E-state index contributed by atoms with van der Waals surface area (Å²) in [5, 5.41) is 19.9. The molecule has 1 aliphatic heterocycles. The number of aromatic nitrogens is 1. The molecular weight excluding hydrogens is 374 g/mol. The van der Waals surface area contributed by atoms with Crippen LogP contribution in [0.15, 0.2) is 24.4 Å². The van der Waals surface area contributed by atoms with Crippen molar-refractivity contribution < 1.29 is 4.74 Å². The third-order valence-electron chi connectivity index (χ3n) is 6.37. The Morgan fingerprint density at radius 3 is 2.70 bits per heavy atom. The van der Waals surface area contributed by atoms with E-state index in [4.69, 9.17) is 15.6 Å². The quantitative estimate of drug-likeness (QED) is 0.562. The number of piperidine rings is 1. The van der Waals surface area contributed by atoms with Crippen molar-refractivity contribution in [3.8, 4) is 0 Å². The molecular formula is C24H37N5O. The Morgan fingerprint density at radius 2 is 2.00 bits per heavy atom. The van der Waals surface area contributed by atoms with Gasteiger partial charge in [0, 0.05) is 56.2 Å². The van der Waals surface area contributed by atoms with Gasteiger partial charge in [-0.15, -0.1) is 0 Å². The Bertz CT molecular complexity index is 769. The second-order valence-corrected chi connectivity index (χ2v) is 8.83. The van der Waals surface area contributed by atoms with Gasteiger partial charge in [-0.2, -0.15) is 0 Å². The molecule has 1 saturated carbocycles. The van der Waals surface area contributed by atoms with Gasteiger partial charge in [-0.05, 0) is 56.9 Å². The number of hydrogen-bond donors (Lipinski definition) is 3. The first-order valence-corrected chi connectivity index (χ1v) is 11.3. The lowest BCUT2D eigenvalue weighted by molar-refractivity contribution is 0.0407. The SMILES string of the molecule is CO[C@H]1CN(c2ncc(C)cc2C(=N)/C=C\C(C)=N)CC[C@H]1CNC1CCCCC1. The van der Waals surface area contributed by atoms with E-state index in [1.165, 1.54) is 32.1 Å². The largest absolute Gasteiger partial charge is 0.379 e. The summed E-state index contributed by atoms with van der Waals surface area (Å²) in [5.74, 6) is 1.35. The first-order valence-electron chi connectivity index (χ1n) is 11.3. The molecule has 2 aliphatic rings. The van der Waals surface area contributed by atoms with Crippen LogP contribution in [0.3, 0.4) is 0 Å². The highest BCUT2D eigenvalue weighted by atomic mass is 16.5. The van der Waals surface area contributed by atoms with Crippen LogP contribution in [0.25, 0.3) is 0 Å². The van der Waals surface area contributed by atoms with Gasteiger partial charge in [0.25, 0.3) is 0 Å². The van der Waals surface area contributed by atoms with Gasteiger partial charge in [0.1, 0.15) is 5.82 Å². The van der Waals surface area contributed by atoms with E-state index in [1.54, 1.807) is 19.1 Å². The van der Waals surface area contributed by atoms with Gasteiger partial charge < -0.3 is 25.8 Å². The number of rotatable bonds is 8. The smallest absolute Gasteiger partial charge is 0.138 e. The average Bonchev–Trinajstić information content (AvgIpc) is 2.76. The Morgan fingerprint density at radius 1 is 1.23 bits per heavy atom. The molecule has 1 aromatic heterocycles. The highest BCUT2D eigenvalue weighted by molar-refractivity contribution is 6.12. The monoisotopic (exact) mass is 411 g/mol. The number of nitrogens with zero attached hydrogens (tertiary/aromatic N) is 2. The predicted molar refractivity (Wildman–Crippen MR) is 124 cm³/mol. The van der Waals surface area contributed by atoms with Crippen molar-refractivity contribution >= 4 is 17.2 Å². The zero-order chi connectivity index (χ0) is 21.5. The number of allylic oxidation sites excluding steroid dienone is 2. The minimum Gasteiger partial charge on any atom is -0.379 e. The molecule has 1 aliphatic carbocycles. The van der Waals surface area contributed by atoms with Crippen LogP contribution in [0.1, 0.15) is 56.6 Å². The van der Waals surface area contributed by atoms with Crippen LogP contribution in [0.2, 0.25) is 0 Å². The fourth-order valence-electron chi connectivity index (χ4n) is 4.59. The minimum atomic E-state index is 0.152. The third-order valence-corrected chi connectivity index (χ3v) is 6.37. The minimum absolute atomic E-state index is 0.152. The van der Waals surface area contributed by atoms with Gasteiger partial charge in [-0.1, -0.05) is 19.3 Å². The van der Waals surface area contributed by atoms with Crippen molar-refractivity contribution in [1.82, 2.24) is 10.3 Å². The van der Waals surface area contributed by atoms with Crippen molar-refractivity contribution in [2.24, 2.45) is 5.92 Å². The summed E-state index contributed by atoms with van der Waals surface area (Å²) in [7, 11) is 1.81. The van der Waals surface area contributed by atoms with Gasteiger partial charge in [0.2, 0.25) is 0 Å². The maximum absolute atomic E-state index is 8.50. The predicted octanol–water partition coefficient (Wildman–Crippen LogP) is 4.12. The van der Waals surface area contributed by atoms with E-state index in [1.807, 2.05) is 26.3 Å². The molecule has 0 radical (unpaired) electrons. The molecule has 1 saturated heterocycles. The molecule has 1 aromatic rings. The molecule has 2 atom stereocenters. The molecule has 0 bridgehead atoms. The fraction of sp³-hybridized carbons (Fsp3) is 0.625. The van der Waals surface area contributed by atoms with Crippen molar-refractivity contribution in [2.75, 3.05) is 31.6 Å². The second-order valence-electron chi connectivity index (χ2n) is 8.83. The van der Waals surface area contributed by atoms with E-state index in [-0.39, 0.29) is 6.10 Å². The highest BCUT2D eigenvalue weighted by Gasteiger charge is 2.31. The first kappa shape index (κ1) is 22.6. The second kappa shape index (κ2) is 10.8. The van der Waals surface area contributed by atoms with E-state index in [2.05, 4.69) is 15.2 Å². The van der Waals surface area contributed by atoms with Gasteiger partial charge >= 0.3 is 0 Å². The molecule has 164 valence electrons. The summed E-state index contributed by atoms with van der Waals surface area (Å²) in [5.41, 5.74) is 2.69. The Kier molecular flexibility index (Phi) is 8.16. The molecule has 2 heterocycles. The topological polar surface area (TPSA) is 85.1 Å². The summed E-state index contributed by atoms with van der Waals surface area (Å²) >= 11 is 0. The summed E-state index contributed by atoms with van der Waals surface area (Å²) < 4.78 is 5.89. The van der Waals surface area contributed by atoms with Crippen LogP contribution < -0.4 is 10.2 Å². The standard InChI is InChI=1S/C24H37N5O/c1-17-13-21(22(26)10-9-18(2)25)24(28-14-17)29-12-11-19(23(16-29)30-3)15-27-20-7-5-4-6-8-20/h9-10,13-14,19-20,23,25-27H,4-8,11-12,15-16H2,1-3H3/b10-9-,25-18?,26-22?/t19-,23-/m0/s1. The number of methoxy groups -OCH3 is 1. The molecule has 0 amide bonds. The zero-order valence-electron chi connectivity index (χ0n) is 18.7. The number of pyridine rings is 1. The van der Waals surface area contributed by atoms with Gasteiger partial charge in [0.05, 0.1) is 11.8 Å². The van der Waals surface area contributed by atoms with Gasteiger partial charge in [0.15, 0.2) is 0 Å². The number of ether oxygens (including phenoxy) is 1. The zero-order valence-corrected chi connectivity index (χ0v) is 18.7. The Balaban J connectivity index is 1.68. The van der Waals surface area contributed by atoms with Crippen molar-refractivity contribution in [2.45, 2.75) is 64.5 Å². The Labute approximate surface area is 181 Å². The van der Waals surface area contributed by atoms with Crippen molar-refractivity contribution in [3.05, 3.63) is 35.5 Å². The summed E-state index contributed by atoms with van der Waals surface area (Å²) in [4.78, 5) is 6.95. The lowest BCUT2D eigenvalue weighted by atomic mass is 9.91. The van der Waals surface area contributed by atoms with E-state index in [0.717, 1.165) is 43.0 Å². The van der Waals surface area contributed by atoms with E-state index in [9.17, 15) is 0 Å². The van der Waals surface area contributed by atoms with E-state index < -0.39 is 0 Å². The summed E-state index contributed by atoms with van der Waals surface area (Å²) in [6.07, 6.45) is 13.1. The lowest BCUT2D eigenvalue weighted by Gasteiger charge is -2.40. The van der Waals surface area contributed by atoms with Crippen LogP contribution in [-0.4, -0.2) is 55.3 Å². The van der Waals surface area contributed by atoms with Crippen LogP contribution in [0.5, 0.6) is 0 Å². The molecule has 2 fully saturated rings. The average molecular weight is 412 g/mol. The normalized spacial score (nSPS) is 23.1. The maximum Gasteiger partial charge on any atom is 0.138 e. The molecule has 0 spiro atoms. The van der Waals surface area contributed by atoms with Crippen molar-refractivity contribution in [3.63, 3.8) is 0 Å². The molecule has 0 unspecified atom stereocenters. The number of nitrogens with one attached hydrogen (secondary N) is 3. The van der Waals surface area contributed by atoms with E-state index in [0.29, 0.717) is 23.4 Å². The molecule has 30 heavy (non-hydrogen) atoms. The maximum atomic E-state index is 8.50. The molecule has 6 heteroatoms. The first-order chi connectivity index (χ1) is 14.5. The van der Waals surface area contributed by atoms with Gasteiger partial charge in [-0.3, -0.25) is 0 Å². The highest BCUT2D eigenvalue weighted by Crippen LogP contribution is 2.28. The molecule has 3 N–H and O–H groups in total.